The molecule has 0 unspecified atom stereocenters. The highest BCUT2D eigenvalue weighted by atomic mass is 35.5. The minimum atomic E-state index is -2.94. The number of hydrogen-bond donors (Lipinski definition) is 0. The molecule has 0 aromatic heterocycles. The van der Waals surface area contributed by atoms with Gasteiger partial charge in [0.05, 0.1) is 13.0 Å². The molecule has 1 aromatic rings. The van der Waals surface area contributed by atoms with Crippen LogP contribution in [0, 0.1) is 5.92 Å². The molecule has 0 amide bonds. The van der Waals surface area contributed by atoms with E-state index >= 15 is 0 Å². The lowest BCUT2D eigenvalue weighted by Gasteiger charge is -2.33. The van der Waals surface area contributed by atoms with Crippen LogP contribution in [0.3, 0.4) is 0 Å². The summed E-state index contributed by atoms with van der Waals surface area (Å²) in [5, 5.41) is 0.352. The summed E-state index contributed by atoms with van der Waals surface area (Å²) in [7, 11) is 1.32. The molecular formula is C13H13ClF2O4. The van der Waals surface area contributed by atoms with Gasteiger partial charge in [-0.3, -0.25) is 4.79 Å². The first kappa shape index (κ1) is 14.8. The fraction of sp³-hybridized carbons (Fsp3) is 0.462. The van der Waals surface area contributed by atoms with Crippen molar-refractivity contribution in [2.75, 3.05) is 7.11 Å². The van der Waals surface area contributed by atoms with E-state index in [0.717, 1.165) is 0 Å². The van der Waals surface area contributed by atoms with Crippen molar-refractivity contribution in [3.8, 4) is 11.5 Å². The molecule has 0 saturated heterocycles. The van der Waals surface area contributed by atoms with Crippen LogP contribution < -0.4 is 9.47 Å². The van der Waals surface area contributed by atoms with Crippen LogP contribution in [-0.2, 0) is 9.53 Å². The molecule has 1 aliphatic carbocycles. The van der Waals surface area contributed by atoms with E-state index in [9.17, 15) is 13.6 Å². The van der Waals surface area contributed by atoms with Crippen molar-refractivity contribution in [1.82, 2.24) is 0 Å². The summed E-state index contributed by atoms with van der Waals surface area (Å²) in [4.78, 5) is 11.2. The minimum Gasteiger partial charge on any atom is -0.486 e. The van der Waals surface area contributed by atoms with Crippen LogP contribution in [0.1, 0.15) is 12.8 Å². The van der Waals surface area contributed by atoms with Gasteiger partial charge in [0, 0.05) is 11.1 Å². The second-order valence-corrected chi connectivity index (χ2v) is 4.84. The van der Waals surface area contributed by atoms with Crippen LogP contribution >= 0.6 is 11.6 Å². The molecule has 1 aromatic carbocycles. The Balaban J connectivity index is 1.99. The van der Waals surface area contributed by atoms with Crippen LogP contribution in [0.15, 0.2) is 18.2 Å². The predicted molar refractivity (Wildman–Crippen MR) is 67.2 cm³/mol. The molecule has 0 N–H and O–H groups in total. The highest BCUT2D eigenvalue weighted by Crippen LogP contribution is 2.37. The quantitative estimate of drug-likeness (QED) is 0.783. The van der Waals surface area contributed by atoms with E-state index in [0.29, 0.717) is 17.9 Å². The molecule has 7 heteroatoms. The zero-order valence-electron chi connectivity index (χ0n) is 10.6. The third-order valence-electron chi connectivity index (χ3n) is 3.04. The van der Waals surface area contributed by atoms with E-state index in [1.54, 1.807) is 0 Å². The van der Waals surface area contributed by atoms with Gasteiger partial charge in [-0.2, -0.15) is 8.78 Å². The normalized spacial score (nSPS) is 21.2. The molecule has 0 radical (unpaired) electrons. The molecule has 0 heterocycles. The SMILES string of the molecule is COC(=O)C1CC(Oc2cc(Cl)ccc2OC(F)F)C1. The molecular weight excluding hydrogens is 294 g/mol. The van der Waals surface area contributed by atoms with Gasteiger partial charge in [0.15, 0.2) is 11.5 Å². The van der Waals surface area contributed by atoms with Crippen molar-refractivity contribution in [1.29, 1.82) is 0 Å². The highest BCUT2D eigenvalue weighted by molar-refractivity contribution is 6.30. The van der Waals surface area contributed by atoms with E-state index in [4.69, 9.17) is 16.3 Å². The lowest BCUT2D eigenvalue weighted by atomic mass is 9.82. The summed E-state index contributed by atoms with van der Waals surface area (Å²) >= 11 is 5.80. The zero-order chi connectivity index (χ0) is 14.7. The summed E-state index contributed by atoms with van der Waals surface area (Å²) in [6.07, 6.45) is 0.721. The Bertz CT molecular complexity index is 489. The summed E-state index contributed by atoms with van der Waals surface area (Å²) in [5.41, 5.74) is 0. The number of halogens is 3. The number of rotatable bonds is 5. The van der Waals surface area contributed by atoms with E-state index in [1.807, 2.05) is 0 Å². The number of ether oxygens (including phenoxy) is 3. The number of esters is 1. The van der Waals surface area contributed by atoms with Gasteiger partial charge >= 0.3 is 12.6 Å². The molecule has 1 fully saturated rings. The number of carbonyl (C=O) groups excluding carboxylic acids is 1. The predicted octanol–water partition coefficient (Wildman–Crippen LogP) is 3.27. The molecule has 0 atom stereocenters. The summed E-state index contributed by atoms with van der Waals surface area (Å²) in [6, 6.07) is 4.16. The van der Waals surface area contributed by atoms with Crippen molar-refractivity contribution < 1.29 is 27.8 Å². The first-order valence-corrected chi connectivity index (χ1v) is 6.36. The first-order valence-electron chi connectivity index (χ1n) is 5.98. The maximum atomic E-state index is 12.3. The van der Waals surface area contributed by atoms with Crippen molar-refractivity contribution >= 4 is 17.6 Å². The molecule has 110 valence electrons. The molecule has 1 aliphatic rings. The van der Waals surface area contributed by atoms with Crippen molar-refractivity contribution in [3.63, 3.8) is 0 Å². The number of hydrogen-bond acceptors (Lipinski definition) is 4. The van der Waals surface area contributed by atoms with Gasteiger partial charge < -0.3 is 14.2 Å². The summed E-state index contributed by atoms with van der Waals surface area (Å²) in [6.45, 7) is -2.94. The summed E-state index contributed by atoms with van der Waals surface area (Å²) < 4.78 is 39.1. The Kier molecular flexibility index (Phi) is 4.65. The lowest BCUT2D eigenvalue weighted by molar-refractivity contribution is -0.151. The number of benzene rings is 1. The maximum Gasteiger partial charge on any atom is 0.387 e. The zero-order valence-corrected chi connectivity index (χ0v) is 11.4. The number of carbonyl (C=O) groups is 1. The van der Waals surface area contributed by atoms with Gasteiger partial charge in [0.1, 0.15) is 6.10 Å². The second kappa shape index (κ2) is 6.26. The van der Waals surface area contributed by atoms with Gasteiger partial charge in [-0.15, -0.1) is 0 Å². The molecule has 0 aliphatic heterocycles. The fourth-order valence-electron chi connectivity index (χ4n) is 1.97. The Morgan fingerprint density at radius 1 is 1.35 bits per heavy atom. The largest absolute Gasteiger partial charge is 0.486 e. The Labute approximate surface area is 119 Å². The highest BCUT2D eigenvalue weighted by Gasteiger charge is 2.37. The van der Waals surface area contributed by atoms with E-state index in [-0.39, 0.29) is 29.5 Å². The minimum absolute atomic E-state index is 0.0779. The third kappa shape index (κ3) is 3.50. The van der Waals surface area contributed by atoms with Crippen molar-refractivity contribution in [2.45, 2.75) is 25.6 Å². The lowest BCUT2D eigenvalue weighted by Crippen LogP contribution is -2.38. The van der Waals surface area contributed by atoms with Crippen LogP contribution in [0.2, 0.25) is 5.02 Å². The monoisotopic (exact) mass is 306 g/mol. The Morgan fingerprint density at radius 3 is 2.65 bits per heavy atom. The number of alkyl halides is 2. The third-order valence-corrected chi connectivity index (χ3v) is 3.28. The fourth-order valence-corrected chi connectivity index (χ4v) is 2.13. The second-order valence-electron chi connectivity index (χ2n) is 4.40. The van der Waals surface area contributed by atoms with Gasteiger partial charge in [-0.1, -0.05) is 11.6 Å². The van der Waals surface area contributed by atoms with Crippen LogP contribution in [-0.4, -0.2) is 25.8 Å². The molecule has 20 heavy (non-hydrogen) atoms. The average molecular weight is 307 g/mol. The molecule has 1 saturated carbocycles. The molecule has 0 bridgehead atoms. The number of methoxy groups -OCH3 is 1. The van der Waals surface area contributed by atoms with Gasteiger partial charge in [-0.25, -0.2) is 0 Å². The van der Waals surface area contributed by atoms with Gasteiger partial charge in [-0.05, 0) is 25.0 Å². The van der Waals surface area contributed by atoms with Gasteiger partial charge in [0.25, 0.3) is 0 Å². The van der Waals surface area contributed by atoms with E-state index in [2.05, 4.69) is 9.47 Å². The Hall–Kier alpha value is -1.56. The topological polar surface area (TPSA) is 44.8 Å². The molecule has 4 nitrogen and oxygen atoms in total. The molecule has 2 rings (SSSR count). The van der Waals surface area contributed by atoms with E-state index < -0.39 is 6.61 Å². The van der Waals surface area contributed by atoms with Crippen LogP contribution in [0.4, 0.5) is 8.78 Å². The average Bonchev–Trinajstić information content (AvgIpc) is 2.35. The Morgan fingerprint density at radius 2 is 2.05 bits per heavy atom. The maximum absolute atomic E-state index is 12.3. The summed E-state index contributed by atoms with van der Waals surface area (Å²) in [5.74, 6) is -0.430. The van der Waals surface area contributed by atoms with Crippen LogP contribution in [0.25, 0.3) is 0 Å². The van der Waals surface area contributed by atoms with Crippen molar-refractivity contribution in [3.05, 3.63) is 23.2 Å². The van der Waals surface area contributed by atoms with Crippen LogP contribution in [0.5, 0.6) is 11.5 Å². The van der Waals surface area contributed by atoms with Crippen molar-refractivity contribution in [2.24, 2.45) is 5.92 Å². The van der Waals surface area contributed by atoms with E-state index in [1.165, 1.54) is 25.3 Å². The smallest absolute Gasteiger partial charge is 0.387 e. The van der Waals surface area contributed by atoms with Gasteiger partial charge in [0.2, 0.25) is 0 Å². The standard InChI is InChI=1S/C13H13ClF2O4/c1-18-12(17)7-4-9(5-7)19-11-6-8(14)2-3-10(11)20-13(15)16/h2-3,6-7,9,13H,4-5H2,1H3. The first-order chi connectivity index (χ1) is 9.49. The molecule has 0 spiro atoms.